The number of nitrogens with one attached hydrogen (secondary N) is 1. The number of methoxy groups -OCH3 is 2. The summed E-state index contributed by atoms with van der Waals surface area (Å²) >= 11 is 6.81. The zero-order valence-corrected chi connectivity index (χ0v) is 22.8. The monoisotopic (exact) mass is 554 g/mol. The third-order valence-electron chi connectivity index (χ3n) is 6.30. The first-order valence-electron chi connectivity index (χ1n) is 12.5. The van der Waals surface area contributed by atoms with Crippen LogP contribution >= 0.6 is 11.6 Å². The number of anilines is 1. The van der Waals surface area contributed by atoms with Gasteiger partial charge in [0.15, 0.2) is 11.5 Å². The van der Waals surface area contributed by atoms with Gasteiger partial charge in [-0.3, -0.25) is 9.78 Å². The van der Waals surface area contributed by atoms with Crippen LogP contribution < -0.4 is 24.3 Å². The molecule has 0 fully saturated rings. The molecule has 4 aromatic carbocycles. The van der Waals surface area contributed by atoms with E-state index in [1.54, 1.807) is 32.5 Å². The molecule has 1 heterocycles. The third-order valence-corrected chi connectivity index (χ3v) is 6.67. The maximum Gasteiger partial charge on any atom is 0.257 e. The minimum absolute atomic E-state index is 0.150. The van der Waals surface area contributed by atoms with E-state index in [1.807, 2.05) is 78.9 Å². The highest BCUT2D eigenvalue weighted by Gasteiger charge is 2.20. The Bertz CT molecular complexity index is 1620. The van der Waals surface area contributed by atoms with Crippen molar-refractivity contribution in [1.82, 2.24) is 4.98 Å². The maximum absolute atomic E-state index is 13.4. The number of halogens is 1. The van der Waals surface area contributed by atoms with Crippen molar-refractivity contribution in [2.24, 2.45) is 0 Å². The van der Waals surface area contributed by atoms with E-state index in [2.05, 4.69) is 10.3 Å². The molecule has 0 radical (unpaired) electrons. The number of pyridine rings is 1. The molecular formula is C32H27ClN2O5. The smallest absolute Gasteiger partial charge is 0.257 e. The van der Waals surface area contributed by atoms with E-state index in [1.165, 1.54) is 0 Å². The standard InChI is InChI=1S/C32H27ClN2O5/c1-37-23-12-8-21(9-13-23)19-39-29-17-16-26(30(33)31(29)40-20-22-10-14-24(38-2)15-11-22)32(36)35-28-7-3-6-27-25(28)5-4-18-34-27/h3-18H,19-20H2,1-2H3,(H,35,36). The first-order valence-corrected chi connectivity index (χ1v) is 12.9. The second-order valence-corrected chi connectivity index (χ2v) is 9.24. The number of rotatable bonds is 10. The molecule has 202 valence electrons. The molecule has 0 aliphatic carbocycles. The number of carbonyl (C=O) groups is 1. The number of nitrogens with zero attached hydrogens (tertiary/aromatic N) is 1. The lowest BCUT2D eigenvalue weighted by molar-refractivity contribution is 0.102. The van der Waals surface area contributed by atoms with E-state index in [0.29, 0.717) is 11.4 Å². The van der Waals surface area contributed by atoms with Gasteiger partial charge in [-0.25, -0.2) is 0 Å². The van der Waals surface area contributed by atoms with Crippen LogP contribution in [0.2, 0.25) is 5.02 Å². The minimum atomic E-state index is -0.377. The summed E-state index contributed by atoms with van der Waals surface area (Å²) in [5.41, 5.74) is 3.49. The number of fused-ring (bicyclic) bond motifs is 1. The summed E-state index contributed by atoms with van der Waals surface area (Å²) in [5.74, 6) is 1.82. The van der Waals surface area contributed by atoms with Crippen LogP contribution in [-0.4, -0.2) is 25.1 Å². The van der Waals surface area contributed by atoms with Crippen LogP contribution in [0.4, 0.5) is 5.69 Å². The Hall–Kier alpha value is -4.75. The molecule has 1 N–H and O–H groups in total. The Morgan fingerprint density at radius 1 is 0.775 bits per heavy atom. The molecular weight excluding hydrogens is 528 g/mol. The maximum atomic E-state index is 13.4. The van der Waals surface area contributed by atoms with Crippen molar-refractivity contribution in [3.63, 3.8) is 0 Å². The van der Waals surface area contributed by atoms with Gasteiger partial charge in [0.2, 0.25) is 0 Å². The average Bonchev–Trinajstić information content (AvgIpc) is 3.00. The van der Waals surface area contributed by atoms with Crippen molar-refractivity contribution < 1.29 is 23.7 Å². The van der Waals surface area contributed by atoms with E-state index >= 15 is 0 Å². The summed E-state index contributed by atoms with van der Waals surface area (Å²) in [5, 5.41) is 3.93. The summed E-state index contributed by atoms with van der Waals surface area (Å²) in [6.45, 7) is 0.483. The summed E-state index contributed by atoms with van der Waals surface area (Å²) < 4.78 is 22.7. The summed E-state index contributed by atoms with van der Waals surface area (Å²) in [6, 6.07) is 27.7. The average molecular weight is 555 g/mol. The zero-order chi connectivity index (χ0) is 27.9. The van der Waals surface area contributed by atoms with Gasteiger partial charge < -0.3 is 24.3 Å². The van der Waals surface area contributed by atoms with E-state index in [0.717, 1.165) is 33.5 Å². The number of benzene rings is 4. The van der Waals surface area contributed by atoms with E-state index < -0.39 is 0 Å². The molecule has 0 spiro atoms. The summed E-state index contributed by atoms with van der Waals surface area (Å²) in [6.07, 6.45) is 1.71. The molecule has 1 aromatic heterocycles. The molecule has 5 aromatic rings. The van der Waals surface area contributed by atoms with E-state index in [-0.39, 0.29) is 35.5 Å². The van der Waals surface area contributed by atoms with Gasteiger partial charge >= 0.3 is 0 Å². The normalized spacial score (nSPS) is 10.7. The molecule has 0 unspecified atom stereocenters. The lowest BCUT2D eigenvalue weighted by atomic mass is 10.1. The van der Waals surface area contributed by atoms with E-state index in [9.17, 15) is 4.79 Å². The van der Waals surface area contributed by atoms with Gasteiger partial charge in [-0.2, -0.15) is 0 Å². The van der Waals surface area contributed by atoms with Crippen LogP contribution in [0.25, 0.3) is 10.9 Å². The van der Waals surface area contributed by atoms with Crippen LogP contribution in [0.1, 0.15) is 21.5 Å². The van der Waals surface area contributed by atoms with Crippen molar-refractivity contribution in [3.05, 3.63) is 119 Å². The summed E-state index contributed by atoms with van der Waals surface area (Å²) in [7, 11) is 3.23. The molecule has 0 bridgehead atoms. The van der Waals surface area contributed by atoms with E-state index in [4.69, 9.17) is 30.5 Å². The van der Waals surface area contributed by atoms with Crippen molar-refractivity contribution in [2.45, 2.75) is 13.2 Å². The highest BCUT2D eigenvalue weighted by molar-refractivity contribution is 6.36. The van der Waals surface area contributed by atoms with Crippen molar-refractivity contribution in [3.8, 4) is 23.0 Å². The molecule has 0 saturated heterocycles. The quantitative estimate of drug-likeness (QED) is 0.195. The number of hydrogen-bond donors (Lipinski definition) is 1. The summed E-state index contributed by atoms with van der Waals surface area (Å²) in [4.78, 5) is 17.7. The fourth-order valence-corrected chi connectivity index (χ4v) is 4.42. The Labute approximate surface area is 237 Å². The van der Waals surface area contributed by atoms with Gasteiger partial charge in [0.25, 0.3) is 5.91 Å². The predicted octanol–water partition coefficient (Wildman–Crippen LogP) is 7.32. The van der Waals surface area contributed by atoms with Crippen molar-refractivity contribution >= 4 is 34.1 Å². The second-order valence-electron chi connectivity index (χ2n) is 8.86. The SMILES string of the molecule is COc1ccc(COc2ccc(C(=O)Nc3cccc4ncccc34)c(Cl)c2OCc2ccc(OC)cc2)cc1. The Morgan fingerprint density at radius 3 is 2.08 bits per heavy atom. The van der Waals surface area contributed by atoms with Crippen LogP contribution in [0.15, 0.2) is 97.2 Å². The lowest BCUT2D eigenvalue weighted by Gasteiger charge is -2.17. The molecule has 5 rings (SSSR count). The van der Waals surface area contributed by atoms with Gasteiger partial charge in [0.05, 0.1) is 36.0 Å². The van der Waals surface area contributed by atoms with Gasteiger partial charge in [0, 0.05) is 11.6 Å². The fourth-order valence-electron chi connectivity index (χ4n) is 4.12. The Morgan fingerprint density at radius 2 is 1.43 bits per heavy atom. The second kappa shape index (κ2) is 12.4. The number of amides is 1. The molecule has 0 aliphatic heterocycles. The number of ether oxygens (including phenoxy) is 4. The van der Waals surface area contributed by atoms with Gasteiger partial charge in [0.1, 0.15) is 24.7 Å². The van der Waals surface area contributed by atoms with Crippen LogP contribution in [0, 0.1) is 0 Å². The molecule has 0 aliphatic rings. The molecule has 40 heavy (non-hydrogen) atoms. The highest BCUT2D eigenvalue weighted by Crippen LogP contribution is 2.39. The molecule has 0 atom stereocenters. The Kier molecular flexibility index (Phi) is 8.32. The third kappa shape index (κ3) is 6.11. The lowest BCUT2D eigenvalue weighted by Crippen LogP contribution is -2.14. The number of hydrogen-bond acceptors (Lipinski definition) is 6. The largest absolute Gasteiger partial charge is 0.497 e. The minimum Gasteiger partial charge on any atom is -0.497 e. The van der Waals surface area contributed by atoms with Crippen LogP contribution in [-0.2, 0) is 13.2 Å². The first kappa shape index (κ1) is 26.8. The molecule has 8 heteroatoms. The first-order chi connectivity index (χ1) is 19.6. The molecule has 1 amide bonds. The highest BCUT2D eigenvalue weighted by atomic mass is 35.5. The van der Waals surface area contributed by atoms with Crippen LogP contribution in [0.3, 0.4) is 0 Å². The molecule has 7 nitrogen and oxygen atoms in total. The number of carbonyl (C=O) groups excluding carboxylic acids is 1. The zero-order valence-electron chi connectivity index (χ0n) is 22.0. The fraction of sp³-hybridized carbons (Fsp3) is 0.125. The van der Waals surface area contributed by atoms with Crippen molar-refractivity contribution in [1.29, 1.82) is 0 Å². The number of aromatic nitrogens is 1. The van der Waals surface area contributed by atoms with Crippen LogP contribution in [0.5, 0.6) is 23.0 Å². The topological polar surface area (TPSA) is 78.9 Å². The van der Waals surface area contributed by atoms with Gasteiger partial charge in [-0.1, -0.05) is 41.9 Å². The van der Waals surface area contributed by atoms with Gasteiger partial charge in [-0.15, -0.1) is 0 Å². The predicted molar refractivity (Wildman–Crippen MR) is 156 cm³/mol. The van der Waals surface area contributed by atoms with Gasteiger partial charge in [-0.05, 0) is 71.8 Å². The Balaban J connectivity index is 1.42. The van der Waals surface area contributed by atoms with Crippen molar-refractivity contribution in [2.75, 3.05) is 19.5 Å². The molecule has 0 saturated carbocycles.